The van der Waals surface area contributed by atoms with Crippen molar-refractivity contribution in [2.45, 2.75) is 13.5 Å². The molecule has 0 amide bonds. The van der Waals surface area contributed by atoms with Gasteiger partial charge in [-0.05, 0) is 41.1 Å². The topological polar surface area (TPSA) is 40.5 Å². The first-order chi connectivity index (χ1) is 8.97. The van der Waals surface area contributed by atoms with Gasteiger partial charge in [0.1, 0.15) is 5.75 Å². The van der Waals surface area contributed by atoms with E-state index in [1.54, 1.807) is 23.5 Å². The highest BCUT2D eigenvalue weighted by atomic mass is 79.9. The van der Waals surface area contributed by atoms with Gasteiger partial charge >= 0.3 is 0 Å². The van der Waals surface area contributed by atoms with E-state index in [9.17, 15) is 9.90 Å². The first-order valence-electron chi connectivity index (χ1n) is 5.75. The van der Waals surface area contributed by atoms with Crippen molar-refractivity contribution in [3.8, 4) is 5.75 Å². The van der Waals surface area contributed by atoms with Gasteiger partial charge < -0.3 is 10.0 Å². The molecule has 1 aromatic heterocycles. The molecule has 19 heavy (non-hydrogen) atoms. The van der Waals surface area contributed by atoms with Crippen molar-refractivity contribution in [1.82, 2.24) is 0 Å². The van der Waals surface area contributed by atoms with Crippen LogP contribution in [0.4, 0.5) is 5.69 Å². The van der Waals surface area contributed by atoms with Gasteiger partial charge in [0.25, 0.3) is 0 Å². The van der Waals surface area contributed by atoms with Gasteiger partial charge in [-0.15, -0.1) is 11.3 Å². The molecule has 2 rings (SSSR count). The van der Waals surface area contributed by atoms with Gasteiger partial charge in [0.2, 0.25) is 0 Å². The molecule has 3 nitrogen and oxygen atoms in total. The molecule has 100 valence electrons. The predicted octanol–water partition coefficient (Wildman–Crippen LogP) is 4.06. The van der Waals surface area contributed by atoms with Crippen LogP contribution >= 0.6 is 27.3 Å². The number of thiophene rings is 1. The van der Waals surface area contributed by atoms with Crippen molar-refractivity contribution in [2.75, 3.05) is 11.9 Å². The van der Waals surface area contributed by atoms with E-state index in [1.807, 2.05) is 23.4 Å². The van der Waals surface area contributed by atoms with Crippen LogP contribution in [0.2, 0.25) is 0 Å². The Hall–Kier alpha value is -1.33. The highest BCUT2D eigenvalue weighted by Crippen LogP contribution is 2.27. The zero-order chi connectivity index (χ0) is 14.0. The molecule has 0 fully saturated rings. The number of nitrogens with zero attached hydrogens (tertiary/aromatic N) is 1. The Morgan fingerprint density at radius 1 is 1.42 bits per heavy atom. The van der Waals surface area contributed by atoms with Gasteiger partial charge in [-0.3, -0.25) is 4.79 Å². The molecular weight excluding hydrogens is 326 g/mol. The number of phenolic OH excluding ortho intramolecular Hbond substituents is 1. The highest BCUT2D eigenvalue weighted by Gasteiger charge is 2.10. The van der Waals surface area contributed by atoms with Crippen LogP contribution in [0.25, 0.3) is 0 Å². The third kappa shape index (κ3) is 3.36. The number of rotatable bonds is 4. The van der Waals surface area contributed by atoms with Crippen molar-refractivity contribution in [3.05, 3.63) is 44.6 Å². The number of ketones is 1. The Morgan fingerprint density at radius 2 is 2.16 bits per heavy atom. The van der Waals surface area contributed by atoms with Gasteiger partial charge in [-0.2, -0.15) is 0 Å². The number of carbonyl (C=O) groups is 1. The Bertz CT molecular complexity index is 609. The van der Waals surface area contributed by atoms with Crippen LogP contribution in [0.1, 0.15) is 22.2 Å². The molecule has 5 heteroatoms. The second-order valence-corrected chi connectivity index (χ2v) is 6.26. The molecule has 0 radical (unpaired) electrons. The first kappa shape index (κ1) is 14.1. The van der Waals surface area contributed by atoms with Gasteiger partial charge in [0.05, 0.1) is 12.1 Å². The maximum absolute atomic E-state index is 11.3. The standard InChI is InChI=1S/C14H14BrNO2S/c1-9(17)13-4-3-11(6-14(13)18)16(2)7-12-5-10(15)8-19-12/h3-6,8,18H,7H2,1-2H3. The van der Waals surface area contributed by atoms with Gasteiger partial charge in [0, 0.05) is 33.5 Å². The lowest BCUT2D eigenvalue weighted by molar-refractivity contribution is 0.101. The number of anilines is 1. The number of carbonyl (C=O) groups excluding carboxylic acids is 1. The quantitative estimate of drug-likeness (QED) is 0.854. The van der Waals surface area contributed by atoms with Crippen molar-refractivity contribution < 1.29 is 9.90 Å². The highest BCUT2D eigenvalue weighted by molar-refractivity contribution is 9.10. The number of benzene rings is 1. The number of aromatic hydroxyl groups is 1. The van der Waals surface area contributed by atoms with E-state index in [0.717, 1.165) is 16.7 Å². The summed E-state index contributed by atoms with van der Waals surface area (Å²) >= 11 is 5.11. The maximum Gasteiger partial charge on any atom is 0.163 e. The number of hydrogen-bond donors (Lipinski definition) is 1. The monoisotopic (exact) mass is 339 g/mol. The van der Waals surface area contributed by atoms with Crippen LogP contribution in [0.15, 0.2) is 34.1 Å². The summed E-state index contributed by atoms with van der Waals surface area (Å²) < 4.78 is 1.08. The van der Waals surface area contributed by atoms with Gasteiger partial charge in [0.15, 0.2) is 5.78 Å². The minimum atomic E-state index is -0.131. The Kier molecular flexibility index (Phi) is 4.27. The average molecular weight is 340 g/mol. The lowest BCUT2D eigenvalue weighted by Gasteiger charge is -2.19. The number of phenols is 1. The summed E-state index contributed by atoms with van der Waals surface area (Å²) in [5, 5.41) is 11.9. The molecule has 2 aromatic rings. The zero-order valence-corrected chi connectivity index (χ0v) is 13.1. The third-order valence-corrected chi connectivity index (χ3v) is 4.50. The smallest absolute Gasteiger partial charge is 0.163 e. The first-order valence-corrected chi connectivity index (χ1v) is 7.42. The van der Waals surface area contributed by atoms with Crippen molar-refractivity contribution in [2.24, 2.45) is 0 Å². The summed E-state index contributed by atoms with van der Waals surface area (Å²) in [5.41, 5.74) is 1.24. The van der Waals surface area contributed by atoms with Gasteiger partial charge in [-0.25, -0.2) is 0 Å². The minimum absolute atomic E-state index is 0.0317. The predicted molar refractivity (Wildman–Crippen MR) is 82.2 cm³/mol. The van der Waals surface area contributed by atoms with E-state index in [4.69, 9.17) is 0 Å². The third-order valence-electron chi connectivity index (χ3n) is 2.82. The zero-order valence-electron chi connectivity index (χ0n) is 10.7. The Morgan fingerprint density at radius 3 is 2.68 bits per heavy atom. The van der Waals surface area contributed by atoms with Crippen LogP contribution in [-0.2, 0) is 6.54 Å². The summed E-state index contributed by atoms with van der Waals surface area (Å²) in [6, 6.07) is 7.21. The molecule has 1 heterocycles. The van der Waals surface area contributed by atoms with Crippen molar-refractivity contribution in [1.29, 1.82) is 0 Å². The van der Waals surface area contributed by atoms with E-state index in [-0.39, 0.29) is 11.5 Å². The number of halogens is 1. The summed E-state index contributed by atoms with van der Waals surface area (Å²) in [4.78, 5) is 14.5. The fourth-order valence-electron chi connectivity index (χ4n) is 1.82. The molecule has 0 atom stereocenters. The second-order valence-electron chi connectivity index (χ2n) is 4.34. The minimum Gasteiger partial charge on any atom is -0.507 e. The van der Waals surface area contributed by atoms with Crippen molar-refractivity contribution in [3.63, 3.8) is 0 Å². The van der Waals surface area contributed by atoms with Crippen LogP contribution in [0.5, 0.6) is 5.75 Å². The molecule has 0 spiro atoms. The molecule has 0 aliphatic heterocycles. The summed E-state index contributed by atoms with van der Waals surface area (Å²) in [7, 11) is 1.95. The Balaban J connectivity index is 2.17. The Labute approximate surface area is 124 Å². The molecule has 1 N–H and O–H groups in total. The molecule has 0 unspecified atom stereocenters. The molecule has 0 aliphatic carbocycles. The van der Waals surface area contributed by atoms with E-state index >= 15 is 0 Å². The summed E-state index contributed by atoms with van der Waals surface area (Å²) in [5.74, 6) is -0.0990. The van der Waals surface area contributed by atoms with E-state index in [0.29, 0.717) is 5.56 Å². The molecule has 0 saturated carbocycles. The lowest BCUT2D eigenvalue weighted by Crippen LogP contribution is -2.15. The van der Waals surface area contributed by atoms with Crippen LogP contribution in [0, 0.1) is 0 Å². The molecule has 0 saturated heterocycles. The largest absolute Gasteiger partial charge is 0.507 e. The molecule has 0 aliphatic rings. The van der Waals surface area contributed by atoms with E-state index in [1.165, 1.54) is 11.8 Å². The SMILES string of the molecule is CC(=O)c1ccc(N(C)Cc2cc(Br)cs2)cc1O. The maximum atomic E-state index is 11.3. The van der Waals surface area contributed by atoms with Crippen LogP contribution < -0.4 is 4.90 Å². The molecular formula is C14H14BrNO2S. The number of hydrogen-bond acceptors (Lipinski definition) is 4. The van der Waals surface area contributed by atoms with E-state index in [2.05, 4.69) is 22.0 Å². The average Bonchev–Trinajstić information content (AvgIpc) is 2.74. The summed E-state index contributed by atoms with van der Waals surface area (Å²) in [6.07, 6.45) is 0. The number of Topliss-reactive ketones (excluding diaryl/α,β-unsaturated/α-hetero) is 1. The fourth-order valence-corrected chi connectivity index (χ4v) is 3.32. The van der Waals surface area contributed by atoms with Crippen LogP contribution in [-0.4, -0.2) is 17.9 Å². The second kappa shape index (κ2) is 5.75. The molecule has 0 bridgehead atoms. The normalized spacial score (nSPS) is 10.5. The fraction of sp³-hybridized carbons (Fsp3) is 0.214. The van der Waals surface area contributed by atoms with Crippen molar-refractivity contribution >= 4 is 38.7 Å². The van der Waals surface area contributed by atoms with Crippen LogP contribution in [0.3, 0.4) is 0 Å². The molecule has 1 aromatic carbocycles. The lowest BCUT2D eigenvalue weighted by atomic mass is 10.1. The van der Waals surface area contributed by atoms with Gasteiger partial charge in [-0.1, -0.05) is 0 Å². The van der Waals surface area contributed by atoms with E-state index < -0.39 is 0 Å². The summed E-state index contributed by atoms with van der Waals surface area (Å²) in [6.45, 7) is 2.21.